The molecule has 2 aromatic rings. The molecule has 0 N–H and O–H groups in total. The van der Waals surface area contributed by atoms with Crippen molar-refractivity contribution in [2.75, 3.05) is 0 Å². The third kappa shape index (κ3) is 2.83. The van der Waals surface area contributed by atoms with Gasteiger partial charge in [-0.3, -0.25) is 4.79 Å². The van der Waals surface area contributed by atoms with E-state index in [9.17, 15) is 4.79 Å². The first-order valence-electron chi connectivity index (χ1n) is 6.86. The van der Waals surface area contributed by atoms with Crippen molar-refractivity contribution >= 4 is 19.4 Å². The van der Waals surface area contributed by atoms with Gasteiger partial charge < -0.3 is 0 Å². The van der Waals surface area contributed by atoms with E-state index in [0.717, 1.165) is 22.0 Å². The maximum atomic E-state index is 12.7. The van der Waals surface area contributed by atoms with Crippen LogP contribution in [0, 0.1) is 34.6 Å². The summed E-state index contributed by atoms with van der Waals surface area (Å²) in [4.78, 5) is 12.7. The quantitative estimate of drug-likeness (QED) is 0.765. The van der Waals surface area contributed by atoms with E-state index in [1.165, 1.54) is 16.7 Å². The van der Waals surface area contributed by atoms with Crippen LogP contribution in [-0.2, 0) is 0 Å². The predicted octanol–water partition coefficient (Wildman–Crippen LogP) is 4.37. The summed E-state index contributed by atoms with van der Waals surface area (Å²) in [5.74, 6) is 0. The van der Waals surface area contributed by atoms with Gasteiger partial charge in [-0.25, -0.2) is 0 Å². The molecule has 1 atom stereocenters. The fraction of sp³-hybridized carbons (Fsp3) is 0.278. The maximum absolute atomic E-state index is 12.7. The Morgan fingerprint density at radius 3 is 2.15 bits per heavy atom. The number of carbonyl (C=O) groups is 1. The van der Waals surface area contributed by atoms with Crippen LogP contribution in [-0.4, -0.2) is 5.52 Å². The Balaban J connectivity index is 2.40. The molecular formula is C18H21OP. The molecule has 0 aromatic heterocycles. The standard InChI is InChI=1S/C18H21OP/c1-11-8-6-7-9-16(11)20-18(19)17-13(3)10-12(2)14(4)15(17)5/h6-10,20H,1-5H3. The van der Waals surface area contributed by atoms with E-state index in [1.807, 2.05) is 19.1 Å². The Morgan fingerprint density at radius 1 is 0.850 bits per heavy atom. The summed E-state index contributed by atoms with van der Waals surface area (Å²) in [6.07, 6.45) is 0. The van der Waals surface area contributed by atoms with Crippen molar-refractivity contribution in [2.24, 2.45) is 0 Å². The minimum atomic E-state index is 0.202. The van der Waals surface area contributed by atoms with E-state index in [4.69, 9.17) is 0 Å². The lowest BCUT2D eigenvalue weighted by Gasteiger charge is -2.14. The molecule has 20 heavy (non-hydrogen) atoms. The molecule has 104 valence electrons. The van der Waals surface area contributed by atoms with Gasteiger partial charge in [-0.05, 0) is 76.3 Å². The van der Waals surface area contributed by atoms with Gasteiger partial charge in [-0.2, -0.15) is 0 Å². The fourth-order valence-electron chi connectivity index (χ4n) is 2.53. The second kappa shape index (κ2) is 5.89. The minimum Gasteiger partial charge on any atom is -0.289 e. The van der Waals surface area contributed by atoms with Gasteiger partial charge in [-0.15, -0.1) is 0 Å². The van der Waals surface area contributed by atoms with Crippen LogP contribution in [0.1, 0.15) is 38.2 Å². The van der Waals surface area contributed by atoms with Gasteiger partial charge >= 0.3 is 0 Å². The van der Waals surface area contributed by atoms with E-state index in [-0.39, 0.29) is 14.1 Å². The summed E-state index contributed by atoms with van der Waals surface area (Å²) < 4.78 is 0. The largest absolute Gasteiger partial charge is 0.289 e. The monoisotopic (exact) mass is 284 g/mol. The normalized spacial score (nSPS) is 11.2. The molecule has 0 radical (unpaired) electrons. The Bertz CT molecular complexity index is 671. The molecule has 1 nitrogen and oxygen atoms in total. The lowest BCUT2D eigenvalue weighted by Crippen LogP contribution is -2.08. The van der Waals surface area contributed by atoms with Crippen LogP contribution < -0.4 is 5.30 Å². The van der Waals surface area contributed by atoms with Gasteiger partial charge in [0.05, 0.1) is 0 Å². The fourth-order valence-corrected chi connectivity index (χ4v) is 3.75. The zero-order valence-corrected chi connectivity index (χ0v) is 13.8. The van der Waals surface area contributed by atoms with Crippen LogP contribution in [0.2, 0.25) is 0 Å². The molecule has 0 spiro atoms. The van der Waals surface area contributed by atoms with Gasteiger partial charge in [0.1, 0.15) is 0 Å². The molecule has 2 rings (SSSR count). The highest BCUT2D eigenvalue weighted by Gasteiger charge is 2.16. The summed E-state index contributed by atoms with van der Waals surface area (Å²) in [6.45, 7) is 10.4. The van der Waals surface area contributed by atoms with E-state index in [2.05, 4.69) is 45.9 Å². The first kappa shape index (κ1) is 14.9. The highest BCUT2D eigenvalue weighted by molar-refractivity contribution is 7.66. The van der Waals surface area contributed by atoms with Gasteiger partial charge in [0, 0.05) is 5.56 Å². The zero-order valence-electron chi connectivity index (χ0n) is 12.8. The van der Waals surface area contributed by atoms with Gasteiger partial charge in [0.15, 0.2) is 5.52 Å². The van der Waals surface area contributed by atoms with Crippen molar-refractivity contribution in [1.82, 2.24) is 0 Å². The number of hydrogen-bond acceptors (Lipinski definition) is 1. The first-order valence-corrected chi connectivity index (χ1v) is 7.86. The number of rotatable bonds is 3. The van der Waals surface area contributed by atoms with Crippen LogP contribution >= 0.6 is 8.58 Å². The third-order valence-electron chi connectivity index (χ3n) is 3.98. The van der Waals surface area contributed by atoms with Crippen LogP contribution in [0.15, 0.2) is 30.3 Å². The molecule has 0 saturated heterocycles. The van der Waals surface area contributed by atoms with Crippen molar-refractivity contribution in [3.63, 3.8) is 0 Å². The molecule has 0 saturated carbocycles. The number of benzene rings is 2. The van der Waals surface area contributed by atoms with E-state index in [0.29, 0.717) is 0 Å². The first-order chi connectivity index (χ1) is 9.41. The van der Waals surface area contributed by atoms with Crippen LogP contribution in [0.25, 0.3) is 0 Å². The van der Waals surface area contributed by atoms with E-state index < -0.39 is 0 Å². The summed E-state index contributed by atoms with van der Waals surface area (Å²) in [5.41, 5.74) is 7.07. The van der Waals surface area contributed by atoms with Crippen molar-refractivity contribution in [1.29, 1.82) is 0 Å². The summed E-state index contributed by atoms with van der Waals surface area (Å²) in [7, 11) is 0.202. The molecule has 0 aliphatic rings. The lowest BCUT2D eigenvalue weighted by molar-refractivity contribution is 0.108. The molecule has 0 amide bonds. The zero-order chi connectivity index (χ0) is 14.9. The molecule has 0 aliphatic carbocycles. The van der Waals surface area contributed by atoms with Crippen LogP contribution in [0.3, 0.4) is 0 Å². The lowest BCUT2D eigenvalue weighted by atomic mass is 9.95. The smallest absolute Gasteiger partial charge is 0.186 e. The SMILES string of the molecule is Cc1ccccc1PC(=O)c1c(C)cc(C)c(C)c1C. The van der Waals surface area contributed by atoms with Gasteiger partial charge in [0.2, 0.25) is 0 Å². The minimum absolute atomic E-state index is 0.202. The Labute approximate surface area is 123 Å². The molecule has 0 heterocycles. The van der Waals surface area contributed by atoms with E-state index >= 15 is 0 Å². The van der Waals surface area contributed by atoms with Crippen molar-refractivity contribution in [3.05, 3.63) is 63.7 Å². The molecule has 0 bridgehead atoms. The number of hydrogen-bond donors (Lipinski definition) is 0. The molecular weight excluding hydrogens is 263 g/mol. The summed E-state index contributed by atoms with van der Waals surface area (Å²) in [5, 5.41) is 1.15. The molecule has 2 heteroatoms. The van der Waals surface area contributed by atoms with Crippen molar-refractivity contribution in [2.45, 2.75) is 34.6 Å². The Morgan fingerprint density at radius 2 is 1.50 bits per heavy atom. The third-order valence-corrected chi connectivity index (χ3v) is 5.28. The topological polar surface area (TPSA) is 17.1 Å². The van der Waals surface area contributed by atoms with Gasteiger partial charge in [-0.1, -0.05) is 30.3 Å². The summed E-state index contributed by atoms with van der Waals surface area (Å²) in [6, 6.07) is 10.3. The van der Waals surface area contributed by atoms with Crippen molar-refractivity contribution in [3.8, 4) is 0 Å². The Kier molecular flexibility index (Phi) is 4.40. The number of aryl methyl sites for hydroxylation is 3. The predicted molar refractivity (Wildman–Crippen MR) is 88.8 cm³/mol. The molecule has 1 unspecified atom stereocenters. The summed E-state index contributed by atoms with van der Waals surface area (Å²) >= 11 is 0. The second-order valence-electron chi connectivity index (χ2n) is 5.40. The maximum Gasteiger partial charge on any atom is 0.186 e. The molecule has 2 aromatic carbocycles. The van der Waals surface area contributed by atoms with Crippen LogP contribution in [0.5, 0.6) is 0 Å². The Hall–Kier alpha value is -1.46. The van der Waals surface area contributed by atoms with Gasteiger partial charge in [0.25, 0.3) is 0 Å². The highest BCUT2D eigenvalue weighted by Crippen LogP contribution is 2.28. The average Bonchev–Trinajstić information content (AvgIpc) is 2.39. The average molecular weight is 284 g/mol. The molecule has 0 fully saturated rings. The van der Waals surface area contributed by atoms with Crippen molar-refractivity contribution < 1.29 is 4.79 Å². The van der Waals surface area contributed by atoms with Crippen LogP contribution in [0.4, 0.5) is 0 Å². The molecule has 0 aliphatic heterocycles. The second-order valence-corrected chi connectivity index (χ2v) is 6.65. The van der Waals surface area contributed by atoms with E-state index in [1.54, 1.807) is 0 Å². The highest BCUT2D eigenvalue weighted by atomic mass is 31.1. The number of carbonyl (C=O) groups excluding carboxylic acids is 1.